The minimum absolute atomic E-state index is 0.158. The minimum Gasteiger partial charge on any atom is -0.369 e. The molecule has 8 nitrogen and oxygen atoms in total. The smallest absolute Gasteiger partial charge is 0.261 e. The van der Waals surface area contributed by atoms with Crippen LogP contribution in [0.25, 0.3) is 0 Å². The molecule has 1 aromatic heterocycles. The molecule has 0 saturated heterocycles. The molecule has 2 amide bonds. The number of nitrogens with zero attached hydrogens (tertiary/aromatic N) is 2. The minimum atomic E-state index is -3.73. The zero-order chi connectivity index (χ0) is 19.9. The summed E-state index contributed by atoms with van der Waals surface area (Å²) in [5.41, 5.74) is 6.51. The third-order valence-corrected chi connectivity index (χ3v) is 6.71. The largest absolute Gasteiger partial charge is 0.369 e. The number of benzene rings is 1. The first kappa shape index (κ1) is 18.4. The molecule has 2 aliphatic rings. The zero-order valence-corrected chi connectivity index (χ0v) is 15.9. The van der Waals surface area contributed by atoms with Crippen LogP contribution in [-0.4, -0.2) is 36.7 Å². The Hall–Kier alpha value is -2.94. The molecule has 1 fully saturated rings. The fourth-order valence-corrected chi connectivity index (χ4v) is 4.59. The summed E-state index contributed by atoms with van der Waals surface area (Å²) >= 11 is 0. The number of pyridine rings is 1. The molecule has 0 bridgehead atoms. The second-order valence-corrected chi connectivity index (χ2v) is 8.88. The van der Waals surface area contributed by atoms with Gasteiger partial charge in [0.25, 0.3) is 10.0 Å². The fourth-order valence-electron chi connectivity index (χ4n) is 3.50. The number of fused-ring (bicyclic) bond motifs is 1. The second-order valence-electron chi connectivity index (χ2n) is 7.20. The van der Waals surface area contributed by atoms with Crippen molar-refractivity contribution < 1.29 is 18.0 Å². The van der Waals surface area contributed by atoms with E-state index < -0.39 is 21.3 Å². The summed E-state index contributed by atoms with van der Waals surface area (Å²) in [6.45, 7) is 0.778. The number of nitrogens with two attached hydrogens (primary N) is 1. The van der Waals surface area contributed by atoms with Crippen LogP contribution in [0.4, 0.5) is 5.69 Å². The van der Waals surface area contributed by atoms with E-state index in [2.05, 4.69) is 9.71 Å². The predicted octanol–water partition coefficient (Wildman–Crippen LogP) is 1.03. The highest BCUT2D eigenvalue weighted by atomic mass is 32.2. The molecular weight excluding hydrogens is 380 g/mol. The van der Waals surface area contributed by atoms with E-state index in [1.54, 1.807) is 35.4 Å². The van der Waals surface area contributed by atoms with E-state index in [-0.39, 0.29) is 10.8 Å². The average molecular weight is 400 g/mol. The molecule has 146 valence electrons. The molecule has 2 heterocycles. The maximum atomic E-state index is 12.7. The second kappa shape index (κ2) is 6.59. The SMILES string of the molecule is NC(=O)C1(C(=O)N2CCc3cc(S(=O)(=O)Nc4cccnc4)ccc3C2)CC1. The summed E-state index contributed by atoms with van der Waals surface area (Å²) in [6.07, 6.45) is 4.52. The molecule has 0 unspecified atom stereocenters. The summed E-state index contributed by atoms with van der Waals surface area (Å²) in [7, 11) is -3.73. The van der Waals surface area contributed by atoms with Crippen LogP contribution >= 0.6 is 0 Å². The monoisotopic (exact) mass is 400 g/mol. The van der Waals surface area contributed by atoms with Crippen molar-refractivity contribution in [3.63, 3.8) is 0 Å². The molecule has 0 radical (unpaired) electrons. The van der Waals surface area contributed by atoms with Crippen LogP contribution in [0.2, 0.25) is 0 Å². The van der Waals surface area contributed by atoms with Gasteiger partial charge in [-0.1, -0.05) is 6.07 Å². The summed E-state index contributed by atoms with van der Waals surface area (Å²) in [5.74, 6) is -0.785. The van der Waals surface area contributed by atoms with Crippen LogP contribution in [-0.2, 0) is 32.6 Å². The van der Waals surface area contributed by atoms with Gasteiger partial charge in [-0.05, 0) is 54.7 Å². The third kappa shape index (κ3) is 3.22. The van der Waals surface area contributed by atoms with Crippen LogP contribution in [0.3, 0.4) is 0 Å². The lowest BCUT2D eigenvalue weighted by atomic mass is 9.97. The maximum absolute atomic E-state index is 12.7. The Kier molecular flexibility index (Phi) is 4.34. The van der Waals surface area contributed by atoms with Crippen LogP contribution in [0.15, 0.2) is 47.6 Å². The number of nitrogens with one attached hydrogen (secondary N) is 1. The number of aromatic nitrogens is 1. The van der Waals surface area contributed by atoms with Gasteiger partial charge in [-0.2, -0.15) is 0 Å². The number of primary amides is 1. The average Bonchev–Trinajstić information content (AvgIpc) is 3.49. The van der Waals surface area contributed by atoms with Gasteiger partial charge >= 0.3 is 0 Å². The first-order chi connectivity index (χ1) is 13.3. The van der Waals surface area contributed by atoms with Crippen LogP contribution in [0.5, 0.6) is 0 Å². The molecule has 3 N–H and O–H groups in total. The summed E-state index contributed by atoms with van der Waals surface area (Å²) in [6, 6.07) is 8.15. The first-order valence-corrected chi connectivity index (χ1v) is 10.4. The van der Waals surface area contributed by atoms with Gasteiger partial charge in [0.15, 0.2) is 0 Å². The number of rotatable bonds is 5. The van der Waals surface area contributed by atoms with Crippen molar-refractivity contribution in [2.45, 2.75) is 30.7 Å². The lowest BCUT2D eigenvalue weighted by Gasteiger charge is -2.31. The molecule has 1 aliphatic carbocycles. The van der Waals surface area contributed by atoms with E-state index in [9.17, 15) is 18.0 Å². The van der Waals surface area contributed by atoms with Crippen molar-refractivity contribution in [1.29, 1.82) is 0 Å². The molecule has 4 rings (SSSR count). The highest BCUT2D eigenvalue weighted by Crippen LogP contribution is 2.47. The molecule has 1 aromatic carbocycles. The van der Waals surface area contributed by atoms with Gasteiger partial charge in [0.05, 0.1) is 16.8 Å². The van der Waals surface area contributed by atoms with Crippen molar-refractivity contribution >= 4 is 27.5 Å². The zero-order valence-electron chi connectivity index (χ0n) is 15.1. The molecule has 28 heavy (non-hydrogen) atoms. The molecule has 1 aliphatic heterocycles. The van der Waals surface area contributed by atoms with E-state index in [0.29, 0.717) is 38.0 Å². The van der Waals surface area contributed by atoms with E-state index >= 15 is 0 Å². The number of hydrogen-bond donors (Lipinski definition) is 2. The van der Waals surface area contributed by atoms with Crippen molar-refractivity contribution in [3.8, 4) is 0 Å². The van der Waals surface area contributed by atoms with Gasteiger partial charge in [-0.25, -0.2) is 8.42 Å². The topological polar surface area (TPSA) is 122 Å². The molecule has 9 heteroatoms. The highest BCUT2D eigenvalue weighted by molar-refractivity contribution is 7.92. The third-order valence-electron chi connectivity index (χ3n) is 5.33. The van der Waals surface area contributed by atoms with E-state index in [1.807, 2.05) is 0 Å². The molecule has 0 spiro atoms. The quantitative estimate of drug-likeness (QED) is 0.726. The predicted molar refractivity (Wildman–Crippen MR) is 101 cm³/mol. The van der Waals surface area contributed by atoms with Gasteiger partial charge in [0.2, 0.25) is 11.8 Å². The number of amides is 2. The lowest BCUT2D eigenvalue weighted by Crippen LogP contribution is -2.45. The van der Waals surface area contributed by atoms with Gasteiger partial charge < -0.3 is 10.6 Å². The highest BCUT2D eigenvalue weighted by Gasteiger charge is 2.57. The number of anilines is 1. The Morgan fingerprint density at radius 2 is 1.96 bits per heavy atom. The Labute approximate surface area is 162 Å². The van der Waals surface area contributed by atoms with Crippen LogP contribution in [0.1, 0.15) is 24.0 Å². The normalized spacial score (nSPS) is 17.5. The fraction of sp³-hybridized carbons (Fsp3) is 0.316. The summed E-state index contributed by atoms with van der Waals surface area (Å²) < 4.78 is 27.7. The van der Waals surface area contributed by atoms with Crippen molar-refractivity contribution in [2.24, 2.45) is 11.1 Å². The molecule has 0 atom stereocenters. The Morgan fingerprint density at radius 3 is 2.61 bits per heavy atom. The Balaban J connectivity index is 1.53. The standard InChI is InChI=1S/C19H20N4O4S/c20-17(24)19(6-7-19)18(25)23-9-5-13-10-16(4-3-14(13)12-23)28(26,27)22-15-2-1-8-21-11-15/h1-4,8,10-11,22H,5-7,9,12H2,(H2,20,24). The number of sulfonamides is 1. The number of carbonyl (C=O) groups is 2. The van der Waals surface area contributed by atoms with E-state index in [1.165, 1.54) is 12.3 Å². The van der Waals surface area contributed by atoms with Gasteiger partial charge in [0, 0.05) is 19.3 Å². The van der Waals surface area contributed by atoms with Gasteiger partial charge in [-0.3, -0.25) is 19.3 Å². The van der Waals surface area contributed by atoms with Crippen LogP contribution < -0.4 is 10.5 Å². The maximum Gasteiger partial charge on any atom is 0.261 e. The lowest BCUT2D eigenvalue weighted by molar-refractivity contribution is -0.143. The summed E-state index contributed by atoms with van der Waals surface area (Å²) in [5, 5.41) is 0. The van der Waals surface area contributed by atoms with Crippen molar-refractivity contribution in [2.75, 3.05) is 11.3 Å². The number of carbonyl (C=O) groups excluding carboxylic acids is 2. The summed E-state index contributed by atoms with van der Waals surface area (Å²) in [4.78, 5) is 30.0. The number of hydrogen-bond acceptors (Lipinski definition) is 5. The molecular formula is C19H20N4O4S. The van der Waals surface area contributed by atoms with E-state index in [4.69, 9.17) is 5.73 Å². The molecule has 2 aromatic rings. The Morgan fingerprint density at radius 1 is 1.18 bits per heavy atom. The Bertz CT molecular complexity index is 1050. The van der Waals surface area contributed by atoms with Crippen molar-refractivity contribution in [1.82, 2.24) is 9.88 Å². The molecule has 1 saturated carbocycles. The van der Waals surface area contributed by atoms with Crippen LogP contribution in [0, 0.1) is 5.41 Å². The van der Waals surface area contributed by atoms with Gasteiger partial charge in [-0.15, -0.1) is 0 Å². The van der Waals surface area contributed by atoms with E-state index in [0.717, 1.165) is 11.1 Å². The first-order valence-electron chi connectivity index (χ1n) is 8.96. The van der Waals surface area contributed by atoms with Crippen molar-refractivity contribution in [3.05, 3.63) is 53.9 Å². The van der Waals surface area contributed by atoms with Gasteiger partial charge in [0.1, 0.15) is 5.41 Å².